The first-order valence-corrected chi connectivity index (χ1v) is 7.33. The van der Waals surface area contributed by atoms with Crippen LogP contribution in [0.4, 0.5) is 5.69 Å². The topological polar surface area (TPSA) is 50.2 Å². The van der Waals surface area contributed by atoms with Crippen LogP contribution in [0.1, 0.15) is 28.7 Å². The lowest BCUT2D eigenvalue weighted by molar-refractivity contribution is 0.0707. The molecule has 1 aliphatic heterocycles. The lowest BCUT2D eigenvalue weighted by atomic mass is 10.1. The molecule has 2 aromatic rings. The Labute approximate surface area is 124 Å². The van der Waals surface area contributed by atoms with Crippen molar-refractivity contribution in [3.63, 3.8) is 0 Å². The Balaban J connectivity index is 1.80. The van der Waals surface area contributed by atoms with Crippen LogP contribution in [0.25, 0.3) is 0 Å². The zero-order valence-electron chi connectivity index (χ0n) is 12.5. The minimum atomic E-state index is 0.0878. The van der Waals surface area contributed by atoms with E-state index >= 15 is 0 Å². The highest BCUT2D eigenvalue weighted by Crippen LogP contribution is 2.19. The number of carbonyl (C=O) groups excluding carboxylic acids is 1. The van der Waals surface area contributed by atoms with Crippen LogP contribution < -0.4 is 5.32 Å². The monoisotopic (exact) mass is 284 g/mol. The first kappa shape index (κ1) is 13.7. The van der Waals surface area contributed by atoms with Gasteiger partial charge in [-0.1, -0.05) is 0 Å². The summed E-state index contributed by atoms with van der Waals surface area (Å²) in [6.45, 7) is 7.05. The van der Waals surface area contributed by atoms with Gasteiger partial charge in [0.25, 0.3) is 5.91 Å². The predicted octanol–water partition coefficient (Wildman–Crippen LogP) is 2.28. The summed E-state index contributed by atoms with van der Waals surface area (Å²) in [7, 11) is 0. The third kappa shape index (κ3) is 2.63. The number of nitrogens with zero attached hydrogens (tertiary/aromatic N) is 3. The summed E-state index contributed by atoms with van der Waals surface area (Å²) in [6, 6.07) is 5.91. The van der Waals surface area contributed by atoms with Crippen molar-refractivity contribution in [3.05, 3.63) is 47.5 Å². The molecule has 0 radical (unpaired) electrons. The van der Waals surface area contributed by atoms with Gasteiger partial charge in [0.05, 0.1) is 6.54 Å². The third-order valence-corrected chi connectivity index (χ3v) is 3.87. The largest absolute Gasteiger partial charge is 0.385 e. The molecule has 1 aliphatic rings. The molecule has 1 aromatic carbocycles. The van der Waals surface area contributed by atoms with Gasteiger partial charge in [0, 0.05) is 43.3 Å². The van der Waals surface area contributed by atoms with Crippen LogP contribution in [0, 0.1) is 6.92 Å². The fraction of sp³-hybridized carbons (Fsp3) is 0.375. The van der Waals surface area contributed by atoms with Crippen molar-refractivity contribution in [2.75, 3.05) is 18.4 Å². The molecule has 0 saturated carbocycles. The lowest BCUT2D eigenvalue weighted by Gasteiger charge is -2.28. The zero-order valence-corrected chi connectivity index (χ0v) is 12.5. The number of aromatic nitrogens is 2. The van der Waals surface area contributed by atoms with Gasteiger partial charge >= 0.3 is 0 Å². The van der Waals surface area contributed by atoms with Crippen LogP contribution in [0.5, 0.6) is 0 Å². The van der Waals surface area contributed by atoms with Gasteiger partial charge in [-0.2, -0.15) is 0 Å². The Morgan fingerprint density at radius 1 is 1.38 bits per heavy atom. The van der Waals surface area contributed by atoms with E-state index in [0.717, 1.165) is 42.3 Å². The second-order valence-electron chi connectivity index (χ2n) is 5.32. The van der Waals surface area contributed by atoms with E-state index in [4.69, 9.17) is 0 Å². The lowest BCUT2D eigenvalue weighted by Crippen LogP contribution is -2.38. The summed E-state index contributed by atoms with van der Waals surface area (Å²) in [4.78, 5) is 18.9. The number of hydrogen-bond donors (Lipinski definition) is 1. The molecule has 0 spiro atoms. The molecule has 110 valence electrons. The van der Waals surface area contributed by atoms with E-state index in [-0.39, 0.29) is 5.91 Å². The average Bonchev–Trinajstić information content (AvgIpc) is 2.94. The fourth-order valence-electron chi connectivity index (χ4n) is 2.73. The number of benzene rings is 1. The normalized spacial score (nSPS) is 13.9. The van der Waals surface area contributed by atoms with E-state index < -0.39 is 0 Å². The fourth-order valence-corrected chi connectivity index (χ4v) is 2.73. The van der Waals surface area contributed by atoms with E-state index in [1.165, 1.54) is 0 Å². The molecular weight excluding hydrogens is 264 g/mol. The Morgan fingerprint density at radius 2 is 2.24 bits per heavy atom. The van der Waals surface area contributed by atoms with Gasteiger partial charge in [-0.15, -0.1) is 0 Å². The van der Waals surface area contributed by atoms with Crippen LogP contribution in [0.15, 0.2) is 30.6 Å². The molecule has 0 bridgehead atoms. The van der Waals surface area contributed by atoms with Crippen LogP contribution >= 0.6 is 0 Å². The van der Waals surface area contributed by atoms with E-state index in [1.54, 1.807) is 6.20 Å². The summed E-state index contributed by atoms with van der Waals surface area (Å²) >= 11 is 0. The van der Waals surface area contributed by atoms with Crippen LogP contribution in [0.3, 0.4) is 0 Å². The first-order chi connectivity index (χ1) is 10.2. The van der Waals surface area contributed by atoms with E-state index in [9.17, 15) is 4.79 Å². The number of carbonyl (C=O) groups is 1. The maximum absolute atomic E-state index is 12.7. The quantitative estimate of drug-likeness (QED) is 0.940. The predicted molar refractivity (Wildman–Crippen MR) is 82.3 cm³/mol. The third-order valence-electron chi connectivity index (χ3n) is 3.87. The summed E-state index contributed by atoms with van der Waals surface area (Å²) in [5, 5.41) is 3.27. The van der Waals surface area contributed by atoms with Gasteiger partial charge in [-0.05, 0) is 37.6 Å². The molecule has 5 nitrogen and oxygen atoms in total. The first-order valence-electron chi connectivity index (χ1n) is 7.33. The number of nitrogens with one attached hydrogen (secondary N) is 1. The van der Waals surface area contributed by atoms with Crippen molar-refractivity contribution in [2.24, 2.45) is 0 Å². The summed E-state index contributed by atoms with van der Waals surface area (Å²) in [5.41, 5.74) is 2.84. The van der Waals surface area contributed by atoms with Crippen LogP contribution in [0.2, 0.25) is 0 Å². The maximum atomic E-state index is 12.7. The van der Waals surface area contributed by atoms with E-state index in [0.29, 0.717) is 6.54 Å². The Morgan fingerprint density at radius 3 is 3.00 bits per heavy atom. The second kappa shape index (κ2) is 5.60. The van der Waals surface area contributed by atoms with Gasteiger partial charge in [0.15, 0.2) is 0 Å². The number of fused-ring (bicyclic) bond motifs is 1. The van der Waals surface area contributed by atoms with Crippen molar-refractivity contribution >= 4 is 11.6 Å². The molecule has 0 atom stereocenters. The van der Waals surface area contributed by atoms with Crippen molar-refractivity contribution < 1.29 is 4.79 Å². The second-order valence-corrected chi connectivity index (χ2v) is 5.32. The van der Waals surface area contributed by atoms with E-state index in [1.807, 2.05) is 36.2 Å². The number of imidazole rings is 1. The molecule has 1 aromatic heterocycles. The number of amides is 1. The zero-order chi connectivity index (χ0) is 14.8. The minimum Gasteiger partial charge on any atom is -0.385 e. The smallest absolute Gasteiger partial charge is 0.254 e. The molecule has 0 aliphatic carbocycles. The average molecular weight is 284 g/mol. The number of anilines is 1. The maximum Gasteiger partial charge on any atom is 0.254 e. The van der Waals surface area contributed by atoms with Crippen LogP contribution in [-0.2, 0) is 13.1 Å². The Hall–Kier alpha value is -2.30. The molecule has 2 heterocycles. The standard InChI is InChI=1S/C16H20N4O/c1-3-17-13-4-5-14(12(2)10-13)16(21)20-9-8-19-7-6-18-15(19)11-20/h4-7,10,17H,3,8-9,11H2,1-2H3. The molecule has 21 heavy (non-hydrogen) atoms. The molecule has 0 saturated heterocycles. The molecule has 1 amide bonds. The SMILES string of the molecule is CCNc1ccc(C(=O)N2CCn3ccnc3C2)c(C)c1. The van der Waals surface area contributed by atoms with Gasteiger partial charge in [0.2, 0.25) is 0 Å². The van der Waals surface area contributed by atoms with Crippen molar-refractivity contribution in [2.45, 2.75) is 26.9 Å². The van der Waals surface area contributed by atoms with Gasteiger partial charge < -0.3 is 14.8 Å². The van der Waals surface area contributed by atoms with Gasteiger partial charge in [-0.25, -0.2) is 4.98 Å². The highest BCUT2D eigenvalue weighted by atomic mass is 16.2. The van der Waals surface area contributed by atoms with Crippen molar-refractivity contribution in [3.8, 4) is 0 Å². The number of rotatable bonds is 3. The van der Waals surface area contributed by atoms with Gasteiger partial charge in [0.1, 0.15) is 5.82 Å². The highest BCUT2D eigenvalue weighted by Gasteiger charge is 2.23. The Bertz CT molecular complexity index is 662. The van der Waals surface area contributed by atoms with Crippen molar-refractivity contribution in [1.82, 2.24) is 14.5 Å². The molecule has 0 unspecified atom stereocenters. The summed E-state index contributed by atoms with van der Waals surface area (Å²) in [6.07, 6.45) is 3.76. The molecular formula is C16H20N4O. The van der Waals surface area contributed by atoms with Crippen LogP contribution in [-0.4, -0.2) is 33.4 Å². The van der Waals surface area contributed by atoms with Crippen molar-refractivity contribution in [1.29, 1.82) is 0 Å². The molecule has 3 rings (SSSR count). The molecule has 5 heteroatoms. The number of aryl methyl sites for hydroxylation is 1. The van der Waals surface area contributed by atoms with Gasteiger partial charge in [-0.3, -0.25) is 4.79 Å². The Kier molecular flexibility index (Phi) is 3.64. The highest BCUT2D eigenvalue weighted by molar-refractivity contribution is 5.96. The molecule has 1 N–H and O–H groups in total. The summed E-state index contributed by atoms with van der Waals surface area (Å²) in [5.74, 6) is 1.04. The number of hydrogen-bond acceptors (Lipinski definition) is 3. The molecule has 0 fully saturated rings. The summed E-state index contributed by atoms with van der Waals surface area (Å²) < 4.78 is 2.10. The minimum absolute atomic E-state index is 0.0878. The van der Waals surface area contributed by atoms with E-state index in [2.05, 4.69) is 21.8 Å².